The summed E-state index contributed by atoms with van der Waals surface area (Å²) in [5.74, 6) is 1.56. The molecule has 1 aromatic heterocycles. The first kappa shape index (κ1) is 17.4. The second-order valence-corrected chi connectivity index (χ2v) is 7.06. The van der Waals surface area contributed by atoms with Crippen LogP contribution >= 0.6 is 0 Å². The summed E-state index contributed by atoms with van der Waals surface area (Å²) in [7, 11) is 0. The molecule has 3 rings (SSSR count). The molecular weight excluding hydrogens is 312 g/mol. The fraction of sp³-hybridized carbons (Fsp3) is 0.450. The highest BCUT2D eigenvalue weighted by atomic mass is 16.1. The van der Waals surface area contributed by atoms with Crippen molar-refractivity contribution < 1.29 is 4.79 Å². The molecule has 0 aliphatic heterocycles. The molecule has 0 radical (unpaired) electrons. The maximum Gasteiger partial charge on any atom is 0.270 e. The highest BCUT2D eigenvalue weighted by molar-refractivity contribution is 5.93. The molecule has 0 saturated heterocycles. The van der Waals surface area contributed by atoms with Crippen molar-refractivity contribution in [2.24, 2.45) is 5.92 Å². The van der Waals surface area contributed by atoms with Crippen LogP contribution in [0.5, 0.6) is 0 Å². The molecule has 0 atom stereocenters. The summed E-state index contributed by atoms with van der Waals surface area (Å²) in [6.07, 6.45) is 4.80. The van der Waals surface area contributed by atoms with E-state index < -0.39 is 0 Å². The van der Waals surface area contributed by atoms with Crippen molar-refractivity contribution in [1.82, 2.24) is 15.3 Å². The fourth-order valence-electron chi connectivity index (χ4n) is 3.02. The molecule has 132 valence electrons. The Balaban J connectivity index is 1.88. The zero-order chi connectivity index (χ0) is 17.6. The molecule has 1 fully saturated rings. The first-order valence-corrected chi connectivity index (χ1v) is 9.11. The van der Waals surface area contributed by atoms with Crippen molar-refractivity contribution in [3.63, 3.8) is 0 Å². The Kier molecular flexibility index (Phi) is 5.64. The van der Waals surface area contributed by atoms with Crippen LogP contribution in [0.3, 0.4) is 0 Å². The van der Waals surface area contributed by atoms with Gasteiger partial charge in [0.2, 0.25) is 0 Å². The van der Waals surface area contributed by atoms with Crippen molar-refractivity contribution >= 4 is 11.7 Å². The third-order valence-electron chi connectivity index (χ3n) is 4.37. The normalized spacial score (nSPS) is 14.7. The van der Waals surface area contributed by atoms with E-state index in [0.29, 0.717) is 30.0 Å². The second-order valence-electron chi connectivity index (χ2n) is 7.06. The number of hydrogen-bond acceptors (Lipinski definition) is 4. The molecule has 5 nitrogen and oxygen atoms in total. The largest absolute Gasteiger partial charge is 0.367 e. The van der Waals surface area contributed by atoms with Gasteiger partial charge in [0.1, 0.15) is 11.5 Å². The maximum atomic E-state index is 12.5. The minimum absolute atomic E-state index is 0.150. The first-order valence-electron chi connectivity index (χ1n) is 9.11. The van der Waals surface area contributed by atoms with Crippen LogP contribution in [-0.2, 0) is 0 Å². The molecule has 25 heavy (non-hydrogen) atoms. The van der Waals surface area contributed by atoms with Crippen molar-refractivity contribution in [3.05, 3.63) is 42.1 Å². The zero-order valence-electron chi connectivity index (χ0n) is 15.0. The smallest absolute Gasteiger partial charge is 0.270 e. The van der Waals surface area contributed by atoms with E-state index in [-0.39, 0.29) is 5.91 Å². The molecule has 1 aliphatic carbocycles. The predicted molar refractivity (Wildman–Crippen MR) is 101 cm³/mol. The monoisotopic (exact) mass is 338 g/mol. The number of rotatable bonds is 6. The number of carbonyl (C=O) groups is 1. The van der Waals surface area contributed by atoms with Crippen LogP contribution in [0.15, 0.2) is 36.4 Å². The lowest BCUT2D eigenvalue weighted by Crippen LogP contribution is -2.28. The van der Waals surface area contributed by atoms with E-state index in [1.165, 1.54) is 12.8 Å². The average Bonchev–Trinajstić information content (AvgIpc) is 3.13. The minimum Gasteiger partial charge on any atom is -0.367 e. The van der Waals surface area contributed by atoms with Crippen molar-refractivity contribution in [2.75, 3.05) is 11.9 Å². The SMILES string of the molecule is CC(C)CNC(=O)c1cc(NC2CCCC2)nc(-c2ccccc2)n1. The van der Waals surface area contributed by atoms with Crippen molar-refractivity contribution in [1.29, 1.82) is 0 Å². The van der Waals surface area contributed by atoms with Gasteiger partial charge in [-0.2, -0.15) is 0 Å². The van der Waals surface area contributed by atoms with E-state index in [0.717, 1.165) is 24.2 Å². The molecule has 0 spiro atoms. The number of anilines is 1. The van der Waals surface area contributed by atoms with Crippen LogP contribution in [0, 0.1) is 5.92 Å². The standard InChI is InChI=1S/C20H26N4O/c1-14(2)13-21-20(25)17-12-18(22-16-10-6-7-11-16)24-19(23-17)15-8-4-3-5-9-15/h3-5,8-9,12,14,16H,6-7,10-11,13H2,1-2H3,(H,21,25)(H,22,23,24). The number of nitrogens with one attached hydrogen (secondary N) is 2. The van der Waals surface area contributed by atoms with Gasteiger partial charge >= 0.3 is 0 Å². The molecule has 5 heteroatoms. The Morgan fingerprint density at radius 3 is 2.56 bits per heavy atom. The van der Waals surface area contributed by atoms with E-state index in [4.69, 9.17) is 0 Å². The number of nitrogens with zero attached hydrogens (tertiary/aromatic N) is 2. The summed E-state index contributed by atoms with van der Waals surface area (Å²) < 4.78 is 0. The van der Waals surface area contributed by atoms with Gasteiger partial charge in [-0.15, -0.1) is 0 Å². The lowest BCUT2D eigenvalue weighted by Gasteiger charge is -2.15. The van der Waals surface area contributed by atoms with Gasteiger partial charge in [-0.3, -0.25) is 4.79 Å². The summed E-state index contributed by atoms with van der Waals surface area (Å²) in [5.41, 5.74) is 1.32. The van der Waals surface area contributed by atoms with Crippen molar-refractivity contribution in [2.45, 2.75) is 45.6 Å². The molecule has 1 saturated carbocycles. The molecule has 0 unspecified atom stereocenters. The first-order chi connectivity index (χ1) is 12.1. The van der Waals surface area contributed by atoms with Gasteiger partial charge in [0.25, 0.3) is 5.91 Å². The quantitative estimate of drug-likeness (QED) is 0.839. The topological polar surface area (TPSA) is 66.9 Å². The Bertz CT molecular complexity index is 709. The second kappa shape index (κ2) is 8.10. The van der Waals surface area contributed by atoms with Crippen molar-refractivity contribution in [3.8, 4) is 11.4 Å². The zero-order valence-corrected chi connectivity index (χ0v) is 15.0. The number of aromatic nitrogens is 2. The Morgan fingerprint density at radius 1 is 1.16 bits per heavy atom. The predicted octanol–water partition coefficient (Wildman–Crippen LogP) is 3.88. The summed E-state index contributed by atoms with van der Waals surface area (Å²) >= 11 is 0. The lowest BCUT2D eigenvalue weighted by atomic mass is 10.2. The number of hydrogen-bond donors (Lipinski definition) is 2. The van der Waals surface area contributed by atoms with Gasteiger partial charge in [0.05, 0.1) is 0 Å². The number of benzene rings is 1. The third kappa shape index (κ3) is 4.78. The van der Waals surface area contributed by atoms with Crippen LogP contribution in [0.4, 0.5) is 5.82 Å². The van der Waals surface area contributed by atoms with E-state index in [9.17, 15) is 4.79 Å². The Morgan fingerprint density at radius 2 is 1.88 bits per heavy atom. The van der Waals surface area contributed by atoms with Gasteiger partial charge in [0, 0.05) is 24.2 Å². The van der Waals surface area contributed by atoms with Crippen LogP contribution in [0.25, 0.3) is 11.4 Å². The van der Waals surface area contributed by atoms with Gasteiger partial charge in [-0.05, 0) is 18.8 Å². The highest BCUT2D eigenvalue weighted by Crippen LogP contribution is 2.23. The Labute approximate surface area is 149 Å². The van der Waals surface area contributed by atoms with Crippen LogP contribution < -0.4 is 10.6 Å². The molecule has 0 bridgehead atoms. The summed E-state index contributed by atoms with van der Waals surface area (Å²) in [4.78, 5) is 21.6. The highest BCUT2D eigenvalue weighted by Gasteiger charge is 2.18. The van der Waals surface area contributed by atoms with E-state index >= 15 is 0 Å². The van der Waals surface area contributed by atoms with Gasteiger partial charge < -0.3 is 10.6 Å². The van der Waals surface area contributed by atoms with Crippen LogP contribution in [-0.4, -0.2) is 28.5 Å². The minimum atomic E-state index is -0.150. The lowest BCUT2D eigenvalue weighted by molar-refractivity contribution is 0.0944. The van der Waals surface area contributed by atoms with Gasteiger partial charge in [-0.25, -0.2) is 9.97 Å². The average molecular weight is 338 g/mol. The summed E-state index contributed by atoms with van der Waals surface area (Å²) in [6, 6.07) is 12.0. The van der Waals surface area contributed by atoms with Crippen LogP contribution in [0.1, 0.15) is 50.0 Å². The third-order valence-corrected chi connectivity index (χ3v) is 4.37. The fourth-order valence-corrected chi connectivity index (χ4v) is 3.02. The molecular formula is C20H26N4O. The van der Waals surface area contributed by atoms with Gasteiger partial charge in [-0.1, -0.05) is 57.0 Å². The summed E-state index contributed by atoms with van der Waals surface area (Å²) in [5, 5.41) is 6.42. The number of amides is 1. The maximum absolute atomic E-state index is 12.5. The summed E-state index contributed by atoms with van der Waals surface area (Å²) in [6.45, 7) is 4.78. The molecule has 1 amide bonds. The molecule has 2 N–H and O–H groups in total. The Hall–Kier alpha value is -2.43. The van der Waals surface area contributed by atoms with Crippen LogP contribution in [0.2, 0.25) is 0 Å². The number of carbonyl (C=O) groups excluding carboxylic acids is 1. The molecule has 2 aromatic rings. The van der Waals surface area contributed by atoms with Gasteiger partial charge in [0.15, 0.2) is 5.82 Å². The molecule has 1 aromatic carbocycles. The van der Waals surface area contributed by atoms with E-state index in [2.05, 4.69) is 34.4 Å². The molecule has 1 heterocycles. The molecule has 1 aliphatic rings. The van der Waals surface area contributed by atoms with E-state index in [1.807, 2.05) is 30.3 Å². The van der Waals surface area contributed by atoms with E-state index in [1.54, 1.807) is 6.07 Å².